The molecule has 0 unspecified atom stereocenters. The summed E-state index contributed by atoms with van der Waals surface area (Å²) in [4.78, 5) is 36.3. The van der Waals surface area contributed by atoms with Crippen LogP contribution in [-0.4, -0.2) is 24.0 Å². The Morgan fingerprint density at radius 2 is 1.77 bits per heavy atom. The topological polar surface area (TPSA) is 75.3 Å². The van der Waals surface area contributed by atoms with Gasteiger partial charge in [0.1, 0.15) is 0 Å². The SMILES string of the molecule is CSc1ccccc1C(=O)Nc1ccc2c(c1)C(=O)NC2=O. The van der Waals surface area contributed by atoms with Crippen LogP contribution in [0.25, 0.3) is 0 Å². The second kappa shape index (κ2) is 5.65. The van der Waals surface area contributed by atoms with Crippen LogP contribution >= 0.6 is 11.8 Å². The van der Waals surface area contributed by atoms with Gasteiger partial charge >= 0.3 is 0 Å². The molecule has 1 aliphatic heterocycles. The number of carbonyl (C=O) groups is 3. The van der Waals surface area contributed by atoms with Crippen molar-refractivity contribution in [3.05, 3.63) is 59.2 Å². The molecule has 0 saturated heterocycles. The van der Waals surface area contributed by atoms with Crippen LogP contribution in [0.1, 0.15) is 31.1 Å². The maximum atomic E-state index is 12.3. The summed E-state index contributed by atoms with van der Waals surface area (Å²) in [6.45, 7) is 0. The van der Waals surface area contributed by atoms with E-state index in [0.29, 0.717) is 16.8 Å². The zero-order valence-corrected chi connectivity index (χ0v) is 12.5. The second-order valence-corrected chi connectivity index (χ2v) is 5.55. The van der Waals surface area contributed by atoms with E-state index in [1.165, 1.54) is 23.9 Å². The fourth-order valence-corrected chi connectivity index (χ4v) is 2.87. The molecule has 110 valence electrons. The van der Waals surface area contributed by atoms with Crippen molar-refractivity contribution >= 4 is 35.2 Å². The Labute approximate surface area is 131 Å². The maximum Gasteiger partial charge on any atom is 0.259 e. The van der Waals surface area contributed by atoms with Crippen molar-refractivity contribution in [3.8, 4) is 0 Å². The average molecular weight is 312 g/mol. The van der Waals surface area contributed by atoms with E-state index in [4.69, 9.17) is 0 Å². The van der Waals surface area contributed by atoms with Crippen molar-refractivity contribution in [2.45, 2.75) is 4.90 Å². The van der Waals surface area contributed by atoms with Gasteiger partial charge in [-0.3, -0.25) is 19.7 Å². The van der Waals surface area contributed by atoms with Crippen molar-refractivity contribution in [3.63, 3.8) is 0 Å². The van der Waals surface area contributed by atoms with E-state index in [2.05, 4.69) is 10.6 Å². The van der Waals surface area contributed by atoms with Crippen LogP contribution in [0.2, 0.25) is 0 Å². The Balaban J connectivity index is 1.88. The molecule has 1 heterocycles. The van der Waals surface area contributed by atoms with Gasteiger partial charge in [-0.1, -0.05) is 12.1 Å². The van der Waals surface area contributed by atoms with Gasteiger partial charge in [-0.2, -0.15) is 0 Å². The van der Waals surface area contributed by atoms with Crippen molar-refractivity contribution in [2.24, 2.45) is 0 Å². The number of amides is 3. The fourth-order valence-electron chi connectivity index (χ4n) is 2.28. The summed E-state index contributed by atoms with van der Waals surface area (Å²) in [6.07, 6.45) is 1.90. The first-order valence-electron chi connectivity index (χ1n) is 6.54. The molecule has 6 heteroatoms. The van der Waals surface area contributed by atoms with Gasteiger partial charge in [-0.25, -0.2) is 0 Å². The number of anilines is 1. The Morgan fingerprint density at radius 1 is 1.05 bits per heavy atom. The minimum Gasteiger partial charge on any atom is -0.322 e. The molecule has 0 atom stereocenters. The van der Waals surface area contributed by atoms with Crippen LogP contribution in [0.4, 0.5) is 5.69 Å². The first kappa shape index (κ1) is 14.3. The molecular weight excluding hydrogens is 300 g/mol. The molecule has 5 nitrogen and oxygen atoms in total. The summed E-state index contributed by atoms with van der Waals surface area (Å²) >= 11 is 1.49. The first-order valence-corrected chi connectivity index (χ1v) is 7.76. The third-order valence-electron chi connectivity index (χ3n) is 3.35. The highest BCUT2D eigenvalue weighted by molar-refractivity contribution is 7.98. The van der Waals surface area contributed by atoms with E-state index in [0.717, 1.165) is 4.90 Å². The second-order valence-electron chi connectivity index (χ2n) is 4.70. The quantitative estimate of drug-likeness (QED) is 0.674. The lowest BCUT2D eigenvalue weighted by molar-refractivity contribution is 0.0878. The molecule has 0 aromatic heterocycles. The molecule has 22 heavy (non-hydrogen) atoms. The van der Waals surface area contributed by atoms with Crippen LogP contribution in [0.15, 0.2) is 47.4 Å². The lowest BCUT2D eigenvalue weighted by atomic mass is 10.1. The number of fused-ring (bicyclic) bond motifs is 1. The third kappa shape index (κ3) is 2.48. The normalized spacial score (nSPS) is 12.8. The summed E-state index contributed by atoms with van der Waals surface area (Å²) in [7, 11) is 0. The Bertz CT molecular complexity index is 802. The maximum absolute atomic E-state index is 12.3. The lowest BCUT2D eigenvalue weighted by Crippen LogP contribution is -2.19. The summed E-state index contributed by atoms with van der Waals surface area (Å²) in [6, 6.07) is 11.9. The predicted molar refractivity (Wildman–Crippen MR) is 84.4 cm³/mol. The molecule has 3 rings (SSSR count). The van der Waals surface area contributed by atoms with E-state index in [9.17, 15) is 14.4 Å². The highest BCUT2D eigenvalue weighted by Gasteiger charge is 2.26. The van der Waals surface area contributed by atoms with Gasteiger partial charge in [0.25, 0.3) is 17.7 Å². The van der Waals surface area contributed by atoms with E-state index in [-0.39, 0.29) is 11.5 Å². The van der Waals surface area contributed by atoms with Crippen LogP contribution < -0.4 is 10.6 Å². The molecule has 2 aromatic carbocycles. The van der Waals surface area contributed by atoms with Gasteiger partial charge < -0.3 is 5.32 Å². The van der Waals surface area contributed by atoms with Gasteiger partial charge in [0.2, 0.25) is 0 Å². The zero-order chi connectivity index (χ0) is 15.7. The fraction of sp³-hybridized carbons (Fsp3) is 0.0625. The van der Waals surface area contributed by atoms with Gasteiger partial charge in [0.15, 0.2) is 0 Å². The summed E-state index contributed by atoms with van der Waals surface area (Å²) in [5.41, 5.74) is 1.65. The predicted octanol–water partition coefficient (Wildman–Crippen LogP) is 2.54. The number of benzene rings is 2. The number of hydrogen-bond acceptors (Lipinski definition) is 4. The molecule has 0 aliphatic carbocycles. The van der Waals surface area contributed by atoms with Crippen molar-refractivity contribution in [2.75, 3.05) is 11.6 Å². The number of thioether (sulfide) groups is 1. The van der Waals surface area contributed by atoms with Crippen molar-refractivity contribution < 1.29 is 14.4 Å². The largest absolute Gasteiger partial charge is 0.322 e. The van der Waals surface area contributed by atoms with E-state index < -0.39 is 11.8 Å². The van der Waals surface area contributed by atoms with Crippen LogP contribution in [-0.2, 0) is 0 Å². The van der Waals surface area contributed by atoms with E-state index in [1.54, 1.807) is 18.2 Å². The molecule has 0 radical (unpaired) electrons. The number of imide groups is 1. The highest BCUT2D eigenvalue weighted by atomic mass is 32.2. The third-order valence-corrected chi connectivity index (χ3v) is 4.14. The smallest absolute Gasteiger partial charge is 0.259 e. The van der Waals surface area contributed by atoms with Gasteiger partial charge in [-0.15, -0.1) is 11.8 Å². The van der Waals surface area contributed by atoms with E-state index in [1.807, 2.05) is 18.4 Å². The standard InChI is InChI=1S/C16H12N2O3S/c1-22-13-5-3-2-4-11(13)15(20)17-9-6-7-10-12(8-9)16(21)18-14(10)19/h2-8H,1H3,(H,17,20)(H,18,19,21). The number of rotatable bonds is 3. The molecule has 3 amide bonds. The number of hydrogen-bond donors (Lipinski definition) is 2. The molecular formula is C16H12N2O3S. The lowest BCUT2D eigenvalue weighted by Gasteiger charge is -2.09. The number of carbonyl (C=O) groups excluding carboxylic acids is 3. The van der Waals surface area contributed by atoms with Crippen LogP contribution in [0.5, 0.6) is 0 Å². The minimum atomic E-state index is -0.444. The summed E-state index contributed by atoms with van der Waals surface area (Å²) < 4.78 is 0. The highest BCUT2D eigenvalue weighted by Crippen LogP contribution is 2.23. The van der Waals surface area contributed by atoms with Crippen molar-refractivity contribution in [1.82, 2.24) is 5.32 Å². The van der Waals surface area contributed by atoms with Crippen LogP contribution in [0.3, 0.4) is 0 Å². The van der Waals surface area contributed by atoms with Crippen molar-refractivity contribution in [1.29, 1.82) is 0 Å². The summed E-state index contributed by atoms with van der Waals surface area (Å²) in [5, 5.41) is 4.97. The van der Waals surface area contributed by atoms with Gasteiger partial charge in [-0.05, 0) is 36.6 Å². The van der Waals surface area contributed by atoms with E-state index >= 15 is 0 Å². The Kier molecular flexibility index (Phi) is 3.68. The number of nitrogens with one attached hydrogen (secondary N) is 2. The Morgan fingerprint density at radius 3 is 2.55 bits per heavy atom. The molecule has 2 aromatic rings. The molecule has 0 spiro atoms. The zero-order valence-electron chi connectivity index (χ0n) is 11.7. The monoisotopic (exact) mass is 312 g/mol. The molecule has 1 aliphatic rings. The molecule has 0 saturated carbocycles. The first-order chi connectivity index (χ1) is 10.6. The molecule has 0 bridgehead atoms. The minimum absolute atomic E-state index is 0.255. The Hall–Kier alpha value is -2.60. The molecule has 0 fully saturated rings. The average Bonchev–Trinajstić information content (AvgIpc) is 2.81. The molecule has 2 N–H and O–H groups in total. The van der Waals surface area contributed by atoms with Crippen LogP contribution in [0, 0.1) is 0 Å². The van der Waals surface area contributed by atoms with Gasteiger partial charge in [0.05, 0.1) is 16.7 Å². The summed E-state index contributed by atoms with van der Waals surface area (Å²) in [5.74, 6) is -1.11. The van der Waals surface area contributed by atoms with Gasteiger partial charge in [0, 0.05) is 10.6 Å².